The highest BCUT2D eigenvalue weighted by Crippen LogP contribution is 2.43. The maximum absolute atomic E-state index is 9.67. The van der Waals surface area contributed by atoms with Gasteiger partial charge in [-0.25, -0.2) is 4.85 Å². The molecule has 5 nitrogen and oxygen atoms in total. The van der Waals surface area contributed by atoms with E-state index in [1.54, 1.807) is 0 Å². The van der Waals surface area contributed by atoms with Crippen molar-refractivity contribution >= 4 is 71.4 Å². The number of benzene rings is 6. The Labute approximate surface area is 244 Å². The standard InChI is InChI=1S/C38H19N3O2/c1-40-31-20-24(23-14-16-36-29(18-23)27-8-3-5-12-35(27)42-36)19-30-28-9-6-11-33(38(28)43-37(30)31)41-32-10-4-2-7-25(32)26-15-13-22(21-39)17-34(26)41/h2-20H. The quantitative estimate of drug-likeness (QED) is 0.202. The van der Waals surface area contributed by atoms with Crippen molar-refractivity contribution in [1.29, 1.82) is 5.26 Å². The van der Waals surface area contributed by atoms with Gasteiger partial charge in [0.2, 0.25) is 5.69 Å². The minimum Gasteiger partial charge on any atom is -0.465 e. The van der Waals surface area contributed by atoms with E-state index < -0.39 is 0 Å². The molecule has 0 aliphatic rings. The molecule has 0 saturated heterocycles. The molecule has 3 heterocycles. The summed E-state index contributed by atoms with van der Waals surface area (Å²) in [5, 5.41) is 15.7. The lowest BCUT2D eigenvalue weighted by atomic mass is 9.99. The lowest BCUT2D eigenvalue weighted by Gasteiger charge is -2.08. The van der Waals surface area contributed by atoms with Crippen molar-refractivity contribution in [1.82, 2.24) is 4.57 Å². The molecule has 198 valence electrons. The summed E-state index contributed by atoms with van der Waals surface area (Å²) in [6.45, 7) is 8.04. The molecule has 43 heavy (non-hydrogen) atoms. The summed E-state index contributed by atoms with van der Waals surface area (Å²) in [5.41, 5.74) is 8.75. The molecule has 6 aromatic carbocycles. The van der Waals surface area contributed by atoms with Crippen LogP contribution in [0.5, 0.6) is 0 Å². The van der Waals surface area contributed by atoms with Gasteiger partial charge in [-0.1, -0.05) is 60.7 Å². The molecule has 5 heteroatoms. The van der Waals surface area contributed by atoms with Crippen molar-refractivity contribution in [3.05, 3.63) is 132 Å². The second-order valence-corrected chi connectivity index (χ2v) is 10.7. The molecule has 0 aliphatic carbocycles. The van der Waals surface area contributed by atoms with Gasteiger partial charge < -0.3 is 13.4 Å². The maximum Gasteiger partial charge on any atom is 0.230 e. The summed E-state index contributed by atoms with van der Waals surface area (Å²) in [5.74, 6) is 0. The lowest BCUT2D eigenvalue weighted by Crippen LogP contribution is -1.94. The number of fused-ring (bicyclic) bond motifs is 9. The zero-order valence-electron chi connectivity index (χ0n) is 22.6. The van der Waals surface area contributed by atoms with Crippen molar-refractivity contribution in [3.8, 4) is 22.9 Å². The number of furan rings is 2. The van der Waals surface area contributed by atoms with Crippen LogP contribution in [-0.2, 0) is 0 Å². The fraction of sp³-hybridized carbons (Fsp3) is 0. The minimum atomic E-state index is 0.459. The predicted molar refractivity (Wildman–Crippen MR) is 172 cm³/mol. The van der Waals surface area contributed by atoms with Crippen molar-refractivity contribution in [2.24, 2.45) is 0 Å². The zero-order valence-corrected chi connectivity index (χ0v) is 22.6. The number of nitriles is 1. The summed E-state index contributed by atoms with van der Waals surface area (Å²) in [6.07, 6.45) is 0. The monoisotopic (exact) mass is 549 g/mol. The normalized spacial score (nSPS) is 11.7. The van der Waals surface area contributed by atoms with Gasteiger partial charge in [0.05, 0.1) is 34.9 Å². The van der Waals surface area contributed by atoms with Crippen LogP contribution in [0.4, 0.5) is 5.69 Å². The van der Waals surface area contributed by atoms with E-state index in [9.17, 15) is 5.26 Å². The first-order valence-corrected chi connectivity index (χ1v) is 13.9. The summed E-state index contributed by atoms with van der Waals surface area (Å²) >= 11 is 0. The molecule has 0 fully saturated rings. The molecule has 0 spiro atoms. The van der Waals surface area contributed by atoms with Crippen molar-refractivity contribution in [2.45, 2.75) is 0 Å². The van der Waals surface area contributed by atoms with Crippen molar-refractivity contribution < 1.29 is 8.83 Å². The van der Waals surface area contributed by atoms with Crippen LogP contribution in [0.2, 0.25) is 0 Å². The molecule has 0 atom stereocenters. The van der Waals surface area contributed by atoms with E-state index in [1.807, 2.05) is 84.9 Å². The van der Waals surface area contributed by atoms with Gasteiger partial charge >= 0.3 is 0 Å². The predicted octanol–water partition coefficient (Wildman–Crippen LogP) is 10.7. The molecule has 0 unspecified atom stereocenters. The van der Waals surface area contributed by atoms with Crippen LogP contribution in [-0.4, -0.2) is 4.57 Å². The van der Waals surface area contributed by atoms with Gasteiger partial charge in [0.15, 0.2) is 5.58 Å². The molecule has 0 amide bonds. The second kappa shape index (κ2) is 8.60. The third-order valence-corrected chi connectivity index (χ3v) is 8.43. The van der Waals surface area contributed by atoms with Crippen LogP contribution in [0.15, 0.2) is 124 Å². The first-order valence-electron chi connectivity index (χ1n) is 13.9. The zero-order chi connectivity index (χ0) is 28.7. The van der Waals surface area contributed by atoms with Gasteiger partial charge in [0.1, 0.15) is 16.7 Å². The van der Waals surface area contributed by atoms with E-state index in [1.165, 1.54) is 0 Å². The largest absolute Gasteiger partial charge is 0.465 e. The molecule has 0 N–H and O–H groups in total. The second-order valence-electron chi connectivity index (χ2n) is 10.7. The summed E-state index contributed by atoms with van der Waals surface area (Å²) < 4.78 is 14.8. The van der Waals surface area contributed by atoms with Crippen LogP contribution in [0, 0.1) is 17.9 Å². The van der Waals surface area contributed by atoms with Gasteiger partial charge in [-0.2, -0.15) is 5.26 Å². The molecule has 0 bridgehead atoms. The van der Waals surface area contributed by atoms with E-state index >= 15 is 0 Å². The minimum absolute atomic E-state index is 0.459. The number of para-hydroxylation sites is 3. The third-order valence-electron chi connectivity index (χ3n) is 8.43. The van der Waals surface area contributed by atoms with Crippen LogP contribution in [0.3, 0.4) is 0 Å². The van der Waals surface area contributed by atoms with Gasteiger partial charge in [0.25, 0.3) is 0 Å². The number of rotatable bonds is 2. The topological polar surface area (TPSA) is 59.4 Å². The Balaban J connectivity index is 1.32. The van der Waals surface area contributed by atoms with E-state index in [0.717, 1.165) is 71.3 Å². The Morgan fingerprint density at radius 3 is 2.23 bits per heavy atom. The number of aromatic nitrogens is 1. The average molecular weight is 550 g/mol. The van der Waals surface area contributed by atoms with Crippen LogP contribution < -0.4 is 0 Å². The first kappa shape index (κ1) is 23.4. The van der Waals surface area contributed by atoms with Crippen LogP contribution in [0.1, 0.15) is 5.56 Å². The van der Waals surface area contributed by atoms with Crippen molar-refractivity contribution in [3.63, 3.8) is 0 Å². The van der Waals surface area contributed by atoms with Crippen LogP contribution in [0.25, 0.3) is 87.3 Å². The molecule has 0 aliphatic heterocycles. The van der Waals surface area contributed by atoms with Gasteiger partial charge in [-0.05, 0) is 65.7 Å². The Morgan fingerprint density at radius 2 is 1.35 bits per heavy atom. The molecule has 0 radical (unpaired) electrons. The fourth-order valence-electron chi connectivity index (χ4n) is 6.50. The number of hydrogen-bond donors (Lipinski definition) is 0. The number of nitrogens with zero attached hydrogens (tertiary/aromatic N) is 3. The summed E-state index contributed by atoms with van der Waals surface area (Å²) in [6, 6.07) is 40.6. The van der Waals surface area contributed by atoms with Gasteiger partial charge in [-0.15, -0.1) is 0 Å². The first-order chi connectivity index (χ1) is 21.2. The average Bonchev–Trinajstić information content (AvgIpc) is 3.73. The molecular formula is C38H19N3O2. The van der Waals surface area contributed by atoms with Crippen molar-refractivity contribution in [2.75, 3.05) is 0 Å². The van der Waals surface area contributed by atoms with E-state index in [4.69, 9.17) is 15.4 Å². The Kier molecular flexibility index (Phi) is 4.68. The van der Waals surface area contributed by atoms with Gasteiger partial charge in [-0.3, -0.25) is 0 Å². The molecule has 9 rings (SSSR count). The maximum atomic E-state index is 9.67. The fourth-order valence-corrected chi connectivity index (χ4v) is 6.50. The highest BCUT2D eigenvalue weighted by Gasteiger charge is 2.20. The van der Waals surface area contributed by atoms with E-state index in [0.29, 0.717) is 22.4 Å². The van der Waals surface area contributed by atoms with E-state index in [2.05, 4.69) is 45.8 Å². The molecule has 9 aromatic rings. The SMILES string of the molecule is [C-]#[N+]c1cc(-c2ccc3oc4ccccc4c3c2)cc2c1oc1c(-n3c4ccccc4c4ccc(C#N)cc43)cccc12. The Bertz CT molecular complexity index is 2710. The van der Waals surface area contributed by atoms with E-state index in [-0.39, 0.29) is 0 Å². The summed E-state index contributed by atoms with van der Waals surface area (Å²) in [7, 11) is 0. The molecule has 3 aromatic heterocycles. The highest BCUT2D eigenvalue weighted by atomic mass is 16.3. The number of hydrogen-bond acceptors (Lipinski definition) is 3. The third kappa shape index (κ3) is 3.25. The lowest BCUT2D eigenvalue weighted by molar-refractivity contribution is 0.668. The Hall–Kier alpha value is -6.30. The molecular weight excluding hydrogens is 530 g/mol. The molecule has 0 saturated carbocycles. The van der Waals surface area contributed by atoms with Gasteiger partial charge in [0, 0.05) is 32.3 Å². The highest BCUT2D eigenvalue weighted by molar-refractivity contribution is 6.15. The van der Waals surface area contributed by atoms with Crippen LogP contribution >= 0.6 is 0 Å². The Morgan fingerprint density at radius 1 is 0.581 bits per heavy atom. The summed E-state index contributed by atoms with van der Waals surface area (Å²) in [4.78, 5) is 3.89. The smallest absolute Gasteiger partial charge is 0.230 e.